The van der Waals surface area contributed by atoms with E-state index >= 15 is 0 Å². The number of hydrazone groups is 1. The van der Waals surface area contributed by atoms with Crippen LogP contribution in [-0.2, 0) is 19.6 Å². The van der Waals surface area contributed by atoms with Crippen LogP contribution in [0.3, 0.4) is 0 Å². The summed E-state index contributed by atoms with van der Waals surface area (Å²) in [7, 11) is -3.47. The summed E-state index contributed by atoms with van der Waals surface area (Å²) in [4.78, 5) is 23.5. The lowest BCUT2D eigenvalue weighted by Crippen LogP contribution is -2.27. The number of nitrogens with zero attached hydrogens (tertiary/aromatic N) is 2. The first-order valence-corrected chi connectivity index (χ1v) is 11.5. The molecule has 1 heterocycles. The summed E-state index contributed by atoms with van der Waals surface area (Å²) in [6, 6.07) is 12.0. The summed E-state index contributed by atoms with van der Waals surface area (Å²) >= 11 is 0. The van der Waals surface area contributed by atoms with Gasteiger partial charge >= 0.3 is 5.97 Å². The Labute approximate surface area is 179 Å². The average molecular weight is 447 g/mol. The quantitative estimate of drug-likeness (QED) is 0.645. The standard InChI is InChI=1S/C21H22FN3O5S/c1-31(29,30)24-15-7-4-6-14(12-15)18-13-19(16-8-2-3-9-17(16)22)25(23-18)20(26)10-5-11-21(27)28/h2-4,6-9,12,19,24H,5,10-11,13H2,1H3,(H,27,28)/t19-/m0/s1. The summed E-state index contributed by atoms with van der Waals surface area (Å²) in [5.41, 5.74) is 1.74. The molecule has 1 aliphatic rings. The molecular weight excluding hydrogens is 425 g/mol. The maximum absolute atomic E-state index is 14.5. The Morgan fingerprint density at radius 3 is 2.61 bits per heavy atom. The van der Waals surface area contributed by atoms with Gasteiger partial charge < -0.3 is 5.11 Å². The van der Waals surface area contributed by atoms with Crippen LogP contribution in [0.5, 0.6) is 0 Å². The van der Waals surface area contributed by atoms with E-state index in [0.29, 0.717) is 22.5 Å². The molecule has 0 saturated heterocycles. The lowest BCUT2D eigenvalue weighted by atomic mass is 9.97. The predicted octanol–water partition coefficient (Wildman–Crippen LogP) is 3.13. The molecular formula is C21H22FN3O5S. The number of sulfonamides is 1. The van der Waals surface area contributed by atoms with E-state index in [1.807, 2.05) is 0 Å². The lowest BCUT2D eigenvalue weighted by molar-refractivity contribution is -0.137. The van der Waals surface area contributed by atoms with Crippen LogP contribution in [0, 0.1) is 5.82 Å². The van der Waals surface area contributed by atoms with Crippen LogP contribution in [0.25, 0.3) is 0 Å². The fourth-order valence-corrected chi connectivity index (χ4v) is 3.94. The fourth-order valence-electron chi connectivity index (χ4n) is 3.38. The van der Waals surface area contributed by atoms with Crippen LogP contribution in [0.1, 0.15) is 42.9 Å². The van der Waals surface area contributed by atoms with E-state index in [-0.39, 0.29) is 25.7 Å². The minimum Gasteiger partial charge on any atom is -0.481 e. The molecule has 3 rings (SSSR count). The Morgan fingerprint density at radius 2 is 1.94 bits per heavy atom. The number of carboxylic acid groups (broad SMARTS) is 1. The molecule has 0 bridgehead atoms. The van der Waals surface area contributed by atoms with Gasteiger partial charge in [-0.05, 0) is 30.2 Å². The van der Waals surface area contributed by atoms with Crippen LogP contribution >= 0.6 is 0 Å². The Balaban J connectivity index is 1.91. The predicted molar refractivity (Wildman–Crippen MR) is 114 cm³/mol. The van der Waals surface area contributed by atoms with Crippen molar-refractivity contribution >= 4 is 33.3 Å². The zero-order chi connectivity index (χ0) is 22.6. The number of amides is 1. The van der Waals surface area contributed by atoms with Crippen LogP contribution in [-0.4, -0.2) is 42.4 Å². The molecule has 0 aliphatic carbocycles. The van der Waals surface area contributed by atoms with Gasteiger partial charge in [0.2, 0.25) is 15.9 Å². The summed E-state index contributed by atoms with van der Waals surface area (Å²) in [5, 5.41) is 14.4. The minimum atomic E-state index is -3.47. The molecule has 2 aromatic rings. The first kappa shape index (κ1) is 22.4. The van der Waals surface area contributed by atoms with Crippen molar-refractivity contribution in [2.24, 2.45) is 5.10 Å². The van der Waals surface area contributed by atoms with Crippen molar-refractivity contribution < 1.29 is 27.5 Å². The zero-order valence-corrected chi connectivity index (χ0v) is 17.6. The second-order valence-corrected chi connectivity index (χ2v) is 8.98. The second-order valence-electron chi connectivity index (χ2n) is 7.23. The van der Waals surface area contributed by atoms with Gasteiger partial charge in [-0.25, -0.2) is 17.8 Å². The van der Waals surface area contributed by atoms with Crippen LogP contribution in [0.15, 0.2) is 53.6 Å². The number of benzene rings is 2. The van der Waals surface area contributed by atoms with Crippen LogP contribution in [0.4, 0.5) is 10.1 Å². The molecule has 2 N–H and O–H groups in total. The van der Waals surface area contributed by atoms with Crippen molar-refractivity contribution in [3.05, 3.63) is 65.5 Å². The number of nitrogens with one attached hydrogen (secondary N) is 1. The number of carbonyl (C=O) groups is 2. The SMILES string of the molecule is CS(=O)(=O)Nc1cccc(C2=NN(C(=O)CCCC(=O)O)[C@H](c3ccccc3F)C2)c1. The van der Waals surface area contributed by atoms with Gasteiger partial charge in [0.05, 0.1) is 18.0 Å². The molecule has 8 nitrogen and oxygen atoms in total. The van der Waals surface area contributed by atoms with E-state index in [9.17, 15) is 22.4 Å². The Hall–Kier alpha value is -3.27. The average Bonchev–Trinajstić information content (AvgIpc) is 3.12. The molecule has 10 heteroatoms. The van der Waals surface area contributed by atoms with Crippen LogP contribution in [0.2, 0.25) is 0 Å². The van der Waals surface area contributed by atoms with Crippen molar-refractivity contribution in [2.75, 3.05) is 11.0 Å². The number of hydrogen-bond acceptors (Lipinski definition) is 5. The van der Waals surface area contributed by atoms with Gasteiger partial charge in [-0.15, -0.1) is 0 Å². The van der Waals surface area contributed by atoms with Crippen molar-refractivity contribution in [3.8, 4) is 0 Å². The highest BCUT2D eigenvalue weighted by molar-refractivity contribution is 7.92. The number of anilines is 1. The summed E-state index contributed by atoms with van der Waals surface area (Å²) in [6.07, 6.45) is 1.23. The van der Waals surface area contributed by atoms with Gasteiger partial charge in [-0.1, -0.05) is 30.3 Å². The molecule has 1 amide bonds. The third-order valence-corrected chi connectivity index (χ3v) is 5.32. The number of carbonyl (C=O) groups excluding carboxylic acids is 1. The van der Waals surface area contributed by atoms with Crippen molar-refractivity contribution in [2.45, 2.75) is 31.7 Å². The third kappa shape index (κ3) is 5.88. The number of carboxylic acids is 1. The molecule has 0 unspecified atom stereocenters. The number of hydrogen-bond donors (Lipinski definition) is 2. The first-order chi connectivity index (χ1) is 14.6. The highest BCUT2D eigenvalue weighted by atomic mass is 32.2. The molecule has 0 saturated carbocycles. The van der Waals surface area contributed by atoms with Crippen molar-refractivity contribution in [1.82, 2.24) is 5.01 Å². The first-order valence-electron chi connectivity index (χ1n) is 9.58. The molecule has 0 aromatic heterocycles. The molecule has 0 spiro atoms. The summed E-state index contributed by atoms with van der Waals surface area (Å²) < 4.78 is 39.9. The molecule has 0 radical (unpaired) electrons. The van der Waals surface area contributed by atoms with Crippen LogP contribution < -0.4 is 4.72 Å². The monoisotopic (exact) mass is 447 g/mol. The zero-order valence-electron chi connectivity index (χ0n) is 16.8. The van der Waals surface area contributed by atoms with Gasteiger partial charge in [0.15, 0.2) is 0 Å². The number of halogens is 1. The smallest absolute Gasteiger partial charge is 0.303 e. The maximum atomic E-state index is 14.5. The van der Waals surface area contributed by atoms with E-state index in [2.05, 4.69) is 9.82 Å². The maximum Gasteiger partial charge on any atom is 0.303 e. The van der Waals surface area contributed by atoms with Gasteiger partial charge in [0, 0.05) is 30.5 Å². The number of aliphatic carboxylic acids is 1. The molecule has 1 aliphatic heterocycles. The normalized spacial score (nSPS) is 16.1. The van der Waals surface area contributed by atoms with E-state index in [0.717, 1.165) is 6.26 Å². The third-order valence-electron chi connectivity index (χ3n) is 4.71. The Bertz CT molecular complexity index is 1130. The molecule has 0 fully saturated rings. The molecule has 2 aromatic carbocycles. The number of rotatable bonds is 8. The van der Waals surface area contributed by atoms with E-state index in [1.165, 1.54) is 11.1 Å². The largest absolute Gasteiger partial charge is 0.481 e. The fraction of sp³-hybridized carbons (Fsp3) is 0.286. The minimum absolute atomic E-state index is 0.0380. The lowest BCUT2D eigenvalue weighted by Gasteiger charge is -2.22. The van der Waals surface area contributed by atoms with Gasteiger partial charge in [0.1, 0.15) is 5.82 Å². The highest BCUT2D eigenvalue weighted by Gasteiger charge is 2.34. The molecule has 164 valence electrons. The van der Waals surface area contributed by atoms with Gasteiger partial charge in [-0.2, -0.15) is 5.10 Å². The Kier molecular flexibility index (Phi) is 6.69. The van der Waals surface area contributed by atoms with Crippen molar-refractivity contribution in [3.63, 3.8) is 0 Å². The van der Waals surface area contributed by atoms with E-state index < -0.39 is 33.8 Å². The van der Waals surface area contributed by atoms with E-state index in [4.69, 9.17) is 5.11 Å². The second kappa shape index (κ2) is 9.25. The molecule has 31 heavy (non-hydrogen) atoms. The Morgan fingerprint density at radius 1 is 1.19 bits per heavy atom. The highest BCUT2D eigenvalue weighted by Crippen LogP contribution is 2.35. The van der Waals surface area contributed by atoms with Crippen molar-refractivity contribution in [1.29, 1.82) is 0 Å². The summed E-state index contributed by atoms with van der Waals surface area (Å²) in [6.45, 7) is 0. The van der Waals surface area contributed by atoms with Gasteiger partial charge in [0.25, 0.3) is 0 Å². The molecule has 1 atom stereocenters. The topological polar surface area (TPSA) is 116 Å². The van der Waals surface area contributed by atoms with E-state index in [1.54, 1.807) is 42.5 Å². The summed E-state index contributed by atoms with van der Waals surface area (Å²) in [5.74, 6) is -1.88. The van der Waals surface area contributed by atoms with Gasteiger partial charge in [-0.3, -0.25) is 14.3 Å².